The second-order valence-electron chi connectivity index (χ2n) is 4.08. The lowest BCUT2D eigenvalue weighted by Gasteiger charge is -2.03. The first-order valence-corrected chi connectivity index (χ1v) is 5.62. The Morgan fingerprint density at radius 3 is 3.06 bits per heavy atom. The molecule has 1 aliphatic rings. The molecular weight excluding hydrogens is 216 g/mol. The zero-order valence-electron chi connectivity index (χ0n) is 9.44. The summed E-state index contributed by atoms with van der Waals surface area (Å²) in [5.74, 6) is 5.79. The van der Waals surface area contributed by atoms with E-state index >= 15 is 0 Å². The van der Waals surface area contributed by atoms with Gasteiger partial charge >= 0.3 is 0 Å². The number of hydrogen-bond donors (Lipinski definition) is 2. The van der Waals surface area contributed by atoms with Gasteiger partial charge in [0.2, 0.25) is 0 Å². The van der Waals surface area contributed by atoms with Crippen molar-refractivity contribution in [2.45, 2.75) is 12.8 Å². The fraction of sp³-hybridized carbons (Fsp3) is 0.385. The Balaban J connectivity index is 2.00. The summed E-state index contributed by atoms with van der Waals surface area (Å²) in [7, 11) is 0. The Morgan fingerprint density at radius 1 is 1.53 bits per heavy atom. The van der Waals surface area contributed by atoms with E-state index in [2.05, 4.69) is 22.1 Å². The van der Waals surface area contributed by atoms with E-state index in [1.807, 2.05) is 0 Å². The predicted octanol–water partition coefficient (Wildman–Crippen LogP) is 0.565. The van der Waals surface area contributed by atoms with Gasteiger partial charge in [0.05, 0.1) is 5.56 Å². The quantitative estimate of drug-likeness (QED) is 0.746. The summed E-state index contributed by atoms with van der Waals surface area (Å²) in [5, 5.41) is 11.5. The van der Waals surface area contributed by atoms with Crippen LogP contribution in [0.4, 0.5) is 0 Å². The van der Waals surface area contributed by atoms with Gasteiger partial charge in [-0.2, -0.15) is 0 Å². The monoisotopic (exact) mass is 230 g/mol. The molecule has 2 rings (SSSR count). The summed E-state index contributed by atoms with van der Waals surface area (Å²) in [4.78, 5) is 15.7. The van der Waals surface area contributed by atoms with Gasteiger partial charge in [0.1, 0.15) is 6.61 Å². The lowest BCUT2D eigenvalue weighted by atomic mass is 10.2. The lowest BCUT2D eigenvalue weighted by Crippen LogP contribution is -2.25. The number of aliphatic hydroxyl groups is 1. The summed E-state index contributed by atoms with van der Waals surface area (Å²) in [6.45, 7) is 0.545. The number of aromatic nitrogens is 1. The van der Waals surface area contributed by atoms with E-state index in [1.165, 1.54) is 19.0 Å². The third kappa shape index (κ3) is 3.58. The number of nitrogens with zero attached hydrogens (tertiary/aromatic N) is 1. The van der Waals surface area contributed by atoms with Crippen LogP contribution in [0.5, 0.6) is 0 Å². The highest BCUT2D eigenvalue weighted by Gasteiger charge is 2.21. The molecule has 1 heterocycles. The van der Waals surface area contributed by atoms with E-state index in [1.54, 1.807) is 12.3 Å². The normalized spacial score (nSPS) is 13.7. The van der Waals surface area contributed by atoms with Crippen molar-refractivity contribution in [2.75, 3.05) is 13.2 Å². The van der Waals surface area contributed by atoms with Crippen LogP contribution < -0.4 is 5.32 Å². The van der Waals surface area contributed by atoms with Crippen LogP contribution in [0.25, 0.3) is 0 Å². The topological polar surface area (TPSA) is 62.2 Å². The zero-order valence-corrected chi connectivity index (χ0v) is 9.44. The van der Waals surface area contributed by atoms with Gasteiger partial charge in [-0.3, -0.25) is 9.78 Å². The van der Waals surface area contributed by atoms with Gasteiger partial charge in [0, 0.05) is 24.5 Å². The number of carbonyl (C=O) groups is 1. The molecule has 0 atom stereocenters. The van der Waals surface area contributed by atoms with Crippen molar-refractivity contribution in [3.8, 4) is 11.8 Å². The van der Waals surface area contributed by atoms with Crippen LogP contribution in [-0.2, 0) is 0 Å². The molecule has 1 aromatic heterocycles. The molecule has 17 heavy (non-hydrogen) atoms. The molecule has 0 unspecified atom stereocenters. The molecule has 0 spiro atoms. The number of amides is 1. The average molecular weight is 230 g/mol. The standard InChI is InChI=1S/C13H14N2O2/c16-5-1-2-11-6-12(9-14-7-11)13(17)15-8-10-3-4-10/h6-7,9-10,16H,3-5,8H2,(H,15,17). The summed E-state index contributed by atoms with van der Waals surface area (Å²) < 4.78 is 0. The third-order valence-electron chi connectivity index (χ3n) is 2.56. The molecular formula is C13H14N2O2. The molecule has 0 aliphatic heterocycles. The zero-order chi connectivity index (χ0) is 12.1. The van der Waals surface area contributed by atoms with Crippen LogP contribution in [0, 0.1) is 17.8 Å². The van der Waals surface area contributed by atoms with Gasteiger partial charge in [0.25, 0.3) is 5.91 Å². The number of hydrogen-bond acceptors (Lipinski definition) is 3. The Labute approximate surface area is 100 Å². The van der Waals surface area contributed by atoms with Crippen LogP contribution in [-0.4, -0.2) is 29.1 Å². The molecule has 1 aromatic rings. The number of nitrogens with one attached hydrogen (secondary N) is 1. The summed E-state index contributed by atoms with van der Waals surface area (Å²) in [6, 6.07) is 1.68. The molecule has 4 nitrogen and oxygen atoms in total. The Kier molecular flexibility index (Phi) is 3.73. The molecule has 1 amide bonds. The van der Waals surface area contributed by atoms with Crippen LogP contribution in [0.2, 0.25) is 0 Å². The van der Waals surface area contributed by atoms with E-state index in [0.29, 0.717) is 17.0 Å². The van der Waals surface area contributed by atoms with Gasteiger partial charge < -0.3 is 10.4 Å². The van der Waals surface area contributed by atoms with Crippen molar-refractivity contribution in [1.29, 1.82) is 0 Å². The van der Waals surface area contributed by atoms with Crippen molar-refractivity contribution >= 4 is 5.91 Å². The minimum atomic E-state index is -0.196. The smallest absolute Gasteiger partial charge is 0.252 e. The Morgan fingerprint density at radius 2 is 2.35 bits per heavy atom. The van der Waals surface area contributed by atoms with Crippen molar-refractivity contribution in [3.05, 3.63) is 29.6 Å². The highest BCUT2D eigenvalue weighted by Crippen LogP contribution is 2.27. The van der Waals surface area contributed by atoms with E-state index in [4.69, 9.17) is 5.11 Å². The van der Waals surface area contributed by atoms with Gasteiger partial charge in [-0.1, -0.05) is 11.8 Å². The lowest BCUT2D eigenvalue weighted by molar-refractivity contribution is 0.0951. The molecule has 4 heteroatoms. The number of pyridine rings is 1. The van der Waals surface area contributed by atoms with Crippen LogP contribution in [0.3, 0.4) is 0 Å². The predicted molar refractivity (Wildman–Crippen MR) is 63.3 cm³/mol. The Hall–Kier alpha value is -1.86. The number of aliphatic hydroxyl groups excluding tert-OH is 1. The maximum absolute atomic E-state index is 11.8. The second-order valence-corrected chi connectivity index (χ2v) is 4.08. The van der Waals surface area contributed by atoms with Crippen LogP contribution in [0.15, 0.2) is 18.5 Å². The number of rotatable bonds is 3. The molecule has 0 radical (unpaired) electrons. The van der Waals surface area contributed by atoms with E-state index in [9.17, 15) is 4.79 Å². The first kappa shape index (κ1) is 11.6. The fourth-order valence-corrected chi connectivity index (χ4v) is 1.44. The molecule has 1 fully saturated rings. The van der Waals surface area contributed by atoms with E-state index in [0.717, 1.165) is 6.54 Å². The van der Waals surface area contributed by atoms with Crippen molar-refractivity contribution in [2.24, 2.45) is 5.92 Å². The molecule has 1 saturated carbocycles. The molecule has 88 valence electrons. The minimum absolute atomic E-state index is 0.114. The Bertz CT molecular complexity index is 470. The van der Waals surface area contributed by atoms with Crippen LogP contribution in [0.1, 0.15) is 28.8 Å². The van der Waals surface area contributed by atoms with Crippen molar-refractivity contribution in [1.82, 2.24) is 10.3 Å². The largest absolute Gasteiger partial charge is 0.384 e. The SMILES string of the molecule is O=C(NCC1CC1)c1cncc(C#CCO)c1. The maximum Gasteiger partial charge on any atom is 0.252 e. The van der Waals surface area contributed by atoms with Crippen molar-refractivity contribution in [3.63, 3.8) is 0 Å². The fourth-order valence-electron chi connectivity index (χ4n) is 1.44. The average Bonchev–Trinajstić information content (AvgIpc) is 3.18. The summed E-state index contributed by atoms with van der Waals surface area (Å²) in [6.07, 6.45) is 5.51. The second kappa shape index (κ2) is 5.46. The summed E-state index contributed by atoms with van der Waals surface area (Å²) >= 11 is 0. The molecule has 0 bridgehead atoms. The van der Waals surface area contributed by atoms with Gasteiger partial charge in [-0.05, 0) is 24.8 Å². The van der Waals surface area contributed by atoms with Gasteiger partial charge in [0.15, 0.2) is 0 Å². The molecule has 0 aromatic carbocycles. The number of carbonyl (C=O) groups excluding carboxylic acids is 1. The third-order valence-corrected chi connectivity index (χ3v) is 2.56. The highest BCUT2D eigenvalue weighted by atomic mass is 16.2. The van der Waals surface area contributed by atoms with E-state index in [-0.39, 0.29) is 12.5 Å². The van der Waals surface area contributed by atoms with Crippen molar-refractivity contribution < 1.29 is 9.90 Å². The molecule has 1 aliphatic carbocycles. The van der Waals surface area contributed by atoms with Gasteiger partial charge in [-0.15, -0.1) is 0 Å². The summed E-state index contributed by atoms with van der Waals surface area (Å²) in [5.41, 5.74) is 1.15. The molecule has 2 N–H and O–H groups in total. The minimum Gasteiger partial charge on any atom is -0.384 e. The van der Waals surface area contributed by atoms with E-state index < -0.39 is 0 Å². The van der Waals surface area contributed by atoms with Crippen LogP contribution >= 0.6 is 0 Å². The first-order chi connectivity index (χ1) is 8.29. The van der Waals surface area contributed by atoms with Gasteiger partial charge in [-0.25, -0.2) is 0 Å². The maximum atomic E-state index is 11.8. The highest BCUT2D eigenvalue weighted by molar-refractivity contribution is 5.94. The first-order valence-electron chi connectivity index (χ1n) is 5.62. The molecule has 0 saturated heterocycles.